The number of rotatable bonds is 8. The van der Waals surface area contributed by atoms with Crippen molar-refractivity contribution in [2.45, 2.75) is 33.1 Å². The van der Waals surface area contributed by atoms with Crippen LogP contribution in [0.2, 0.25) is 0 Å². The van der Waals surface area contributed by atoms with E-state index in [2.05, 4.69) is 6.58 Å². The fourth-order valence-electron chi connectivity index (χ4n) is 1.22. The topological polar surface area (TPSA) is 52.6 Å². The zero-order valence-electron chi connectivity index (χ0n) is 10.0. The van der Waals surface area contributed by atoms with Crippen molar-refractivity contribution in [1.29, 1.82) is 0 Å². The predicted octanol–water partition coefficient (Wildman–Crippen LogP) is 2.09. The van der Waals surface area contributed by atoms with Gasteiger partial charge in [0.25, 0.3) is 0 Å². The third kappa shape index (κ3) is 5.53. The molecule has 4 nitrogen and oxygen atoms in total. The van der Waals surface area contributed by atoms with Gasteiger partial charge >= 0.3 is 11.9 Å². The van der Waals surface area contributed by atoms with Crippen molar-refractivity contribution in [1.82, 2.24) is 0 Å². The van der Waals surface area contributed by atoms with Crippen molar-refractivity contribution < 1.29 is 19.1 Å². The Kier molecular flexibility index (Phi) is 8.21. The lowest BCUT2D eigenvalue weighted by Crippen LogP contribution is -2.28. The molecule has 0 aromatic heterocycles. The minimum absolute atomic E-state index is 0.126. The van der Waals surface area contributed by atoms with E-state index in [0.29, 0.717) is 6.42 Å². The third-order valence-electron chi connectivity index (χ3n) is 2.05. The molecule has 0 amide bonds. The number of ether oxygens (including phenoxy) is 2. The highest BCUT2D eigenvalue weighted by Crippen LogP contribution is 2.13. The first-order valence-corrected chi connectivity index (χ1v) is 5.61. The first-order chi connectivity index (χ1) is 7.67. The Bertz CT molecular complexity index is 235. The van der Waals surface area contributed by atoms with Crippen LogP contribution >= 0.6 is 0 Å². The summed E-state index contributed by atoms with van der Waals surface area (Å²) in [4.78, 5) is 23.1. The van der Waals surface area contributed by atoms with Crippen LogP contribution in [0.25, 0.3) is 0 Å². The van der Waals surface area contributed by atoms with Gasteiger partial charge in [0.2, 0.25) is 0 Å². The molecule has 0 fully saturated rings. The minimum atomic E-state index is -0.792. The van der Waals surface area contributed by atoms with Gasteiger partial charge in [0, 0.05) is 0 Å². The summed E-state index contributed by atoms with van der Waals surface area (Å²) in [5.74, 6) is -1.81. The Morgan fingerprint density at radius 2 is 1.88 bits per heavy atom. The Balaban J connectivity index is 4.32. The Morgan fingerprint density at radius 3 is 2.38 bits per heavy atom. The van der Waals surface area contributed by atoms with Gasteiger partial charge in [-0.3, -0.25) is 9.59 Å². The SMILES string of the molecule is C=CCOC(=O)C(CCCC)C(=O)OCC. The molecule has 0 aromatic carbocycles. The van der Waals surface area contributed by atoms with Crippen LogP contribution in [0.5, 0.6) is 0 Å². The molecule has 0 aliphatic carbocycles. The van der Waals surface area contributed by atoms with Crippen molar-refractivity contribution in [3.8, 4) is 0 Å². The normalized spacial score (nSPS) is 11.6. The molecular formula is C12H20O4. The molecular weight excluding hydrogens is 208 g/mol. The first-order valence-electron chi connectivity index (χ1n) is 5.61. The van der Waals surface area contributed by atoms with Gasteiger partial charge in [0.1, 0.15) is 6.61 Å². The van der Waals surface area contributed by atoms with Crippen LogP contribution in [0, 0.1) is 5.92 Å². The summed E-state index contributed by atoms with van der Waals surface area (Å²) in [6.45, 7) is 7.55. The summed E-state index contributed by atoms with van der Waals surface area (Å²) in [6.07, 6.45) is 3.67. The first kappa shape index (κ1) is 14.7. The van der Waals surface area contributed by atoms with Crippen molar-refractivity contribution in [3.63, 3.8) is 0 Å². The maximum atomic E-state index is 11.6. The maximum absolute atomic E-state index is 11.6. The lowest BCUT2D eigenvalue weighted by Gasteiger charge is -2.13. The number of carbonyl (C=O) groups is 2. The molecule has 0 aliphatic heterocycles. The van der Waals surface area contributed by atoms with E-state index in [-0.39, 0.29) is 13.2 Å². The minimum Gasteiger partial charge on any atom is -0.465 e. The summed E-state index contributed by atoms with van der Waals surface area (Å²) in [7, 11) is 0. The molecule has 0 bridgehead atoms. The zero-order valence-corrected chi connectivity index (χ0v) is 10.0. The molecule has 0 heterocycles. The molecule has 1 unspecified atom stereocenters. The van der Waals surface area contributed by atoms with E-state index in [4.69, 9.17) is 9.47 Å². The number of esters is 2. The second-order valence-corrected chi connectivity index (χ2v) is 3.37. The summed E-state index contributed by atoms with van der Waals surface area (Å²) in [5, 5.41) is 0. The Morgan fingerprint density at radius 1 is 1.25 bits per heavy atom. The molecule has 0 rings (SSSR count). The highest BCUT2D eigenvalue weighted by Gasteiger charge is 2.28. The van der Waals surface area contributed by atoms with E-state index in [1.165, 1.54) is 6.08 Å². The second-order valence-electron chi connectivity index (χ2n) is 3.37. The summed E-state index contributed by atoms with van der Waals surface area (Å²) in [5.41, 5.74) is 0. The molecule has 0 saturated carbocycles. The maximum Gasteiger partial charge on any atom is 0.320 e. The van der Waals surface area contributed by atoms with Crippen LogP contribution in [0.1, 0.15) is 33.1 Å². The van der Waals surface area contributed by atoms with Crippen LogP contribution in [0.3, 0.4) is 0 Å². The van der Waals surface area contributed by atoms with Crippen LogP contribution in [-0.4, -0.2) is 25.2 Å². The van der Waals surface area contributed by atoms with Crippen molar-refractivity contribution in [2.24, 2.45) is 5.92 Å². The monoisotopic (exact) mass is 228 g/mol. The number of hydrogen-bond donors (Lipinski definition) is 0. The largest absolute Gasteiger partial charge is 0.465 e. The molecule has 0 aliphatic rings. The van der Waals surface area contributed by atoms with E-state index in [0.717, 1.165) is 12.8 Å². The highest BCUT2D eigenvalue weighted by molar-refractivity contribution is 5.94. The average Bonchev–Trinajstić information content (AvgIpc) is 2.27. The average molecular weight is 228 g/mol. The van der Waals surface area contributed by atoms with E-state index in [1.807, 2.05) is 6.92 Å². The van der Waals surface area contributed by atoms with Crippen molar-refractivity contribution in [3.05, 3.63) is 12.7 Å². The summed E-state index contributed by atoms with van der Waals surface area (Å²) in [6, 6.07) is 0. The molecule has 0 radical (unpaired) electrons. The number of hydrogen-bond acceptors (Lipinski definition) is 4. The predicted molar refractivity (Wildman–Crippen MR) is 60.8 cm³/mol. The Labute approximate surface area is 96.6 Å². The lowest BCUT2D eigenvalue weighted by molar-refractivity contribution is -0.161. The van der Waals surface area contributed by atoms with Gasteiger partial charge in [0.05, 0.1) is 6.61 Å². The van der Waals surface area contributed by atoms with E-state index >= 15 is 0 Å². The van der Waals surface area contributed by atoms with Gasteiger partial charge in [-0.15, -0.1) is 0 Å². The summed E-state index contributed by atoms with van der Waals surface area (Å²) < 4.78 is 9.70. The lowest BCUT2D eigenvalue weighted by atomic mass is 10.0. The zero-order chi connectivity index (χ0) is 12.4. The molecule has 92 valence electrons. The number of unbranched alkanes of at least 4 members (excludes halogenated alkanes) is 1. The van der Waals surface area contributed by atoms with Gasteiger partial charge in [-0.2, -0.15) is 0 Å². The molecule has 0 saturated heterocycles. The van der Waals surface area contributed by atoms with Gasteiger partial charge in [-0.25, -0.2) is 0 Å². The van der Waals surface area contributed by atoms with Gasteiger partial charge in [0.15, 0.2) is 5.92 Å². The smallest absolute Gasteiger partial charge is 0.320 e. The van der Waals surface area contributed by atoms with Crippen molar-refractivity contribution >= 4 is 11.9 Å². The summed E-state index contributed by atoms with van der Waals surface area (Å²) >= 11 is 0. The van der Waals surface area contributed by atoms with Gasteiger partial charge in [-0.05, 0) is 13.3 Å². The number of carbonyl (C=O) groups excluding carboxylic acids is 2. The van der Waals surface area contributed by atoms with Crippen LogP contribution < -0.4 is 0 Å². The van der Waals surface area contributed by atoms with Crippen LogP contribution in [0.15, 0.2) is 12.7 Å². The quantitative estimate of drug-likeness (QED) is 0.362. The highest BCUT2D eigenvalue weighted by atomic mass is 16.6. The van der Waals surface area contributed by atoms with Gasteiger partial charge in [-0.1, -0.05) is 32.4 Å². The van der Waals surface area contributed by atoms with Crippen LogP contribution in [-0.2, 0) is 19.1 Å². The fourth-order valence-corrected chi connectivity index (χ4v) is 1.22. The molecule has 1 atom stereocenters. The van der Waals surface area contributed by atoms with E-state index < -0.39 is 17.9 Å². The Hall–Kier alpha value is -1.32. The fraction of sp³-hybridized carbons (Fsp3) is 0.667. The van der Waals surface area contributed by atoms with Crippen LogP contribution in [0.4, 0.5) is 0 Å². The van der Waals surface area contributed by atoms with E-state index in [1.54, 1.807) is 6.92 Å². The van der Waals surface area contributed by atoms with Crippen molar-refractivity contribution in [2.75, 3.05) is 13.2 Å². The molecule has 16 heavy (non-hydrogen) atoms. The molecule has 0 spiro atoms. The second kappa shape index (κ2) is 8.95. The standard InChI is InChI=1S/C12H20O4/c1-4-7-8-10(11(13)15-6-3)12(14)16-9-5-2/h5,10H,2,4,6-9H2,1,3H3. The molecule has 0 N–H and O–H groups in total. The molecule has 4 heteroatoms. The molecule has 0 aromatic rings. The third-order valence-corrected chi connectivity index (χ3v) is 2.05. The van der Waals surface area contributed by atoms with Gasteiger partial charge < -0.3 is 9.47 Å². The van der Waals surface area contributed by atoms with E-state index in [9.17, 15) is 9.59 Å².